The van der Waals surface area contributed by atoms with E-state index in [0.717, 1.165) is 0 Å². The molecule has 41 heavy (non-hydrogen) atoms. The lowest BCUT2D eigenvalue weighted by molar-refractivity contribution is -0.211. The van der Waals surface area contributed by atoms with Crippen molar-refractivity contribution >= 4 is 33.1 Å². The third kappa shape index (κ3) is 7.13. The number of aromatic nitrogens is 2. The van der Waals surface area contributed by atoms with Crippen LogP contribution in [0.4, 0.5) is 39.1 Å². The average molecular weight is 610 g/mol. The van der Waals surface area contributed by atoms with E-state index in [1.807, 2.05) is 0 Å². The van der Waals surface area contributed by atoms with Gasteiger partial charge in [0.25, 0.3) is 5.91 Å². The first-order valence-corrected chi connectivity index (χ1v) is 14.1. The van der Waals surface area contributed by atoms with Gasteiger partial charge in [0.15, 0.2) is 6.10 Å². The molecule has 1 aromatic heterocycles. The summed E-state index contributed by atoms with van der Waals surface area (Å²) in [5, 5.41) is 20.7. The molecular weight excluding hydrogens is 581 g/mol. The molecule has 1 aliphatic carbocycles. The molecule has 1 aliphatic heterocycles. The van der Waals surface area contributed by atoms with Gasteiger partial charge in [0.1, 0.15) is 12.4 Å². The Kier molecular flexibility index (Phi) is 8.61. The van der Waals surface area contributed by atoms with Crippen molar-refractivity contribution in [2.24, 2.45) is 11.3 Å². The average Bonchev–Trinajstić information content (AvgIpc) is 3.61. The van der Waals surface area contributed by atoms with Crippen LogP contribution in [-0.4, -0.2) is 85.3 Å². The van der Waals surface area contributed by atoms with Gasteiger partial charge < -0.3 is 25.2 Å². The number of nitrogens with zero attached hydrogens (tertiary/aromatic N) is 3. The lowest BCUT2D eigenvalue weighted by Crippen LogP contribution is -2.38. The molecule has 3 atom stereocenters. The number of aryl methyl sites for hydroxylation is 1. The number of alkyl halides is 5. The number of nitrogens with one attached hydrogen (secondary N) is 2. The van der Waals surface area contributed by atoms with E-state index in [1.54, 1.807) is 4.90 Å². The molecule has 0 unspecified atom stereocenters. The maximum absolute atomic E-state index is 13.6. The van der Waals surface area contributed by atoms with Crippen LogP contribution in [0.15, 0.2) is 24.3 Å². The molecule has 0 radical (unpaired) electrons. The number of sulfonamides is 1. The van der Waals surface area contributed by atoms with Gasteiger partial charge >= 0.3 is 12.2 Å². The Labute approximate surface area is 231 Å². The van der Waals surface area contributed by atoms with Gasteiger partial charge in [-0.05, 0) is 43.9 Å². The molecule has 0 bridgehead atoms. The minimum absolute atomic E-state index is 0.0477. The van der Waals surface area contributed by atoms with E-state index < -0.39 is 65.0 Å². The number of carbonyl (C=O) groups is 1. The quantitative estimate of drug-likeness (QED) is 0.282. The second-order valence-corrected chi connectivity index (χ2v) is 11.8. The number of anilines is 3. The topological polar surface area (TPSA) is 154 Å². The molecule has 2 aromatic rings. The molecule has 1 saturated carbocycles. The Hall–Kier alpha value is -3.31. The Morgan fingerprint density at radius 2 is 2.00 bits per heavy atom. The van der Waals surface area contributed by atoms with Crippen LogP contribution >= 0.6 is 0 Å². The second-order valence-electron chi connectivity index (χ2n) is 10.0. The van der Waals surface area contributed by atoms with Crippen LogP contribution in [0.2, 0.25) is 0 Å². The predicted octanol–water partition coefficient (Wildman–Crippen LogP) is 2.55. The largest absolute Gasteiger partial charge is 0.460 e. The van der Waals surface area contributed by atoms with Crippen LogP contribution in [-0.2, 0) is 10.0 Å². The van der Waals surface area contributed by atoms with E-state index in [1.165, 1.54) is 31.2 Å². The van der Waals surface area contributed by atoms with Crippen molar-refractivity contribution in [3.05, 3.63) is 35.5 Å². The van der Waals surface area contributed by atoms with Crippen molar-refractivity contribution in [3.8, 4) is 6.01 Å². The van der Waals surface area contributed by atoms with Crippen LogP contribution in [0.5, 0.6) is 6.01 Å². The van der Waals surface area contributed by atoms with Gasteiger partial charge in [0.05, 0.1) is 29.3 Å². The monoisotopic (exact) mass is 609 g/mol. The number of fused-ring (bicyclic) bond motifs is 1. The molecule has 17 heteroatoms. The van der Waals surface area contributed by atoms with Gasteiger partial charge in [-0.15, -0.1) is 0 Å². The zero-order valence-corrected chi connectivity index (χ0v) is 22.5. The van der Waals surface area contributed by atoms with Crippen molar-refractivity contribution in [2.75, 3.05) is 47.0 Å². The number of carbonyl (C=O) groups excluding carboxylic acids is 1. The van der Waals surface area contributed by atoms with Crippen LogP contribution in [0.3, 0.4) is 0 Å². The third-order valence-corrected chi connectivity index (χ3v) is 8.31. The number of halogens is 5. The van der Waals surface area contributed by atoms with Crippen LogP contribution in [0, 0.1) is 18.3 Å². The molecule has 1 aromatic carbocycles. The number of ether oxygens (including phenoxy) is 1. The standard InChI is InChI=1S/C24H28F5N5O6S/c1-13-8-19(32-22(30-13)40-12-18(36)24(27,28)29)31-20(37)16-3-2-15(33-41(38,39)7-6-35)9-17(16)34-5-4-23(21(25)26)10-14(23)11-34/h2-3,8-9,14,18,21,33,35-36H,4-7,10-12H2,1H3,(H,30,31,32,37)/t14-,18+,23+/m1/s1. The van der Waals surface area contributed by atoms with Crippen molar-refractivity contribution in [3.63, 3.8) is 0 Å². The molecule has 4 N–H and O–H groups in total. The summed E-state index contributed by atoms with van der Waals surface area (Å²) in [5.74, 6) is -1.73. The summed E-state index contributed by atoms with van der Waals surface area (Å²) in [6.07, 6.45) is -9.67. The molecule has 4 rings (SSSR count). The summed E-state index contributed by atoms with van der Waals surface area (Å²) in [5.41, 5.74) is -0.436. The lowest BCUT2D eigenvalue weighted by atomic mass is 9.95. The Morgan fingerprint density at radius 3 is 2.63 bits per heavy atom. The minimum Gasteiger partial charge on any atom is -0.460 e. The lowest BCUT2D eigenvalue weighted by Gasteiger charge is -2.34. The molecule has 2 fully saturated rings. The molecule has 11 nitrogen and oxygen atoms in total. The number of aliphatic hydroxyl groups is 2. The molecule has 1 saturated heterocycles. The Bertz CT molecular complexity index is 1400. The molecule has 226 valence electrons. The minimum atomic E-state index is -4.92. The third-order valence-electron chi connectivity index (χ3n) is 7.04. The number of hydrogen-bond acceptors (Lipinski definition) is 9. The van der Waals surface area contributed by atoms with E-state index >= 15 is 0 Å². The number of piperidine rings is 1. The maximum atomic E-state index is 13.6. The van der Waals surface area contributed by atoms with Gasteiger partial charge in [-0.25, -0.2) is 22.2 Å². The molecular formula is C24H28F5N5O6S. The van der Waals surface area contributed by atoms with Crippen LogP contribution in [0.25, 0.3) is 0 Å². The summed E-state index contributed by atoms with van der Waals surface area (Å²) in [7, 11) is -3.91. The number of benzene rings is 1. The first-order chi connectivity index (χ1) is 19.1. The highest BCUT2D eigenvalue weighted by atomic mass is 32.2. The SMILES string of the molecule is Cc1cc(NC(=O)c2ccc(NS(=O)(=O)CCO)cc2N2CC[C@]3(C(F)F)C[C@@H]3C2)nc(OC[C@H](O)C(F)(F)F)n1. The van der Waals surface area contributed by atoms with E-state index in [-0.39, 0.29) is 53.9 Å². The predicted molar refractivity (Wildman–Crippen MR) is 137 cm³/mol. The second kappa shape index (κ2) is 11.5. The number of rotatable bonds is 11. The van der Waals surface area contributed by atoms with E-state index in [9.17, 15) is 35.2 Å². The van der Waals surface area contributed by atoms with Crippen molar-refractivity contribution < 1.29 is 50.1 Å². The molecule has 1 amide bonds. The fourth-order valence-corrected chi connectivity index (χ4v) is 5.58. The smallest absolute Gasteiger partial charge is 0.417 e. The zero-order valence-electron chi connectivity index (χ0n) is 21.7. The highest BCUT2D eigenvalue weighted by molar-refractivity contribution is 7.92. The van der Waals surface area contributed by atoms with Gasteiger partial charge in [0.2, 0.25) is 16.4 Å². The van der Waals surface area contributed by atoms with E-state index in [0.29, 0.717) is 6.42 Å². The fraction of sp³-hybridized carbons (Fsp3) is 0.542. The summed E-state index contributed by atoms with van der Waals surface area (Å²) >= 11 is 0. The summed E-state index contributed by atoms with van der Waals surface area (Å²) < 4.78 is 96.5. The van der Waals surface area contributed by atoms with Gasteiger partial charge in [-0.1, -0.05) is 0 Å². The highest BCUT2D eigenvalue weighted by Gasteiger charge is 2.62. The first kappa shape index (κ1) is 30.6. The first-order valence-electron chi connectivity index (χ1n) is 12.5. The van der Waals surface area contributed by atoms with Crippen molar-refractivity contribution in [1.29, 1.82) is 0 Å². The van der Waals surface area contributed by atoms with E-state index in [2.05, 4.69) is 20.0 Å². The molecule has 2 heterocycles. The number of aliphatic hydroxyl groups excluding tert-OH is 2. The zero-order chi connectivity index (χ0) is 30.2. The van der Waals surface area contributed by atoms with Crippen molar-refractivity contribution in [2.45, 2.75) is 38.5 Å². The van der Waals surface area contributed by atoms with E-state index in [4.69, 9.17) is 14.9 Å². The van der Waals surface area contributed by atoms with Crippen LogP contribution < -0.4 is 19.7 Å². The van der Waals surface area contributed by atoms with Gasteiger partial charge in [-0.2, -0.15) is 18.2 Å². The van der Waals surface area contributed by atoms with Crippen LogP contribution in [0.1, 0.15) is 28.9 Å². The van der Waals surface area contributed by atoms with Gasteiger partial charge in [0, 0.05) is 30.3 Å². The number of amides is 1. The maximum Gasteiger partial charge on any atom is 0.417 e. The fourth-order valence-electron chi connectivity index (χ4n) is 4.75. The summed E-state index contributed by atoms with van der Waals surface area (Å²) in [6.45, 7) is 0.0746. The summed E-state index contributed by atoms with van der Waals surface area (Å²) in [6, 6.07) is 4.83. The molecule has 2 aliphatic rings. The highest BCUT2D eigenvalue weighted by Crippen LogP contribution is 2.61. The Morgan fingerprint density at radius 1 is 1.27 bits per heavy atom. The Balaban J connectivity index is 1.58. The van der Waals surface area contributed by atoms with Gasteiger partial charge in [-0.3, -0.25) is 9.52 Å². The van der Waals surface area contributed by atoms with Crippen molar-refractivity contribution in [1.82, 2.24) is 9.97 Å². The molecule has 0 spiro atoms. The summed E-state index contributed by atoms with van der Waals surface area (Å²) in [4.78, 5) is 22.8. The number of hydrogen-bond donors (Lipinski definition) is 4. The normalized spacial score (nSPS) is 21.3.